The summed E-state index contributed by atoms with van der Waals surface area (Å²) in [4.78, 5) is 38.7. The summed E-state index contributed by atoms with van der Waals surface area (Å²) >= 11 is 2.72. The predicted octanol–water partition coefficient (Wildman–Crippen LogP) is -0.296. The Hall–Kier alpha value is -1.23. The lowest BCUT2D eigenvalue weighted by Gasteiger charge is -2.43. The first-order chi connectivity index (χ1) is 11.7. The number of fused-ring (bicyclic) bond motifs is 1. The predicted molar refractivity (Wildman–Crippen MR) is 94.5 cm³/mol. The lowest BCUT2D eigenvalue weighted by Crippen LogP contribution is -2.60. The highest BCUT2D eigenvalue weighted by atomic mass is 32.2. The zero-order valence-corrected chi connectivity index (χ0v) is 15.8. The van der Waals surface area contributed by atoms with Crippen LogP contribution in [0.15, 0.2) is 9.93 Å². The number of β-lactam (4-membered cyclic amide) rings is 1. The molecule has 1 unspecified atom stereocenters. The third-order valence-electron chi connectivity index (χ3n) is 4.57. The molecule has 3 aliphatic heterocycles. The van der Waals surface area contributed by atoms with Crippen molar-refractivity contribution in [3.63, 3.8) is 0 Å². The standard InChI is InChI=1S/C15H21N3O5S2/c1-6(19)9-12(21)18-10(14(22)23)15(25-13(9)18)24-7-4-8(16-5-7)11(20)17(2)3/h6-9,13,16,19H,4-5H2,1-3H3,(H,22,23)/t6?,7-,8-,9+,13-/m1/s1. The van der Waals surface area contributed by atoms with Crippen molar-refractivity contribution >= 4 is 41.3 Å². The number of likely N-dealkylation sites (N-methyl/N-ethyl adjacent to an activating group) is 1. The van der Waals surface area contributed by atoms with Crippen molar-refractivity contribution in [3.8, 4) is 0 Å². The highest BCUT2D eigenvalue weighted by molar-refractivity contribution is 8.23. The molecule has 5 atom stereocenters. The van der Waals surface area contributed by atoms with Gasteiger partial charge in [-0.1, -0.05) is 11.8 Å². The van der Waals surface area contributed by atoms with E-state index in [1.54, 1.807) is 21.0 Å². The zero-order chi connectivity index (χ0) is 18.5. The van der Waals surface area contributed by atoms with E-state index in [1.165, 1.54) is 33.3 Å². The van der Waals surface area contributed by atoms with Gasteiger partial charge in [-0.25, -0.2) is 4.79 Å². The third-order valence-corrected chi connectivity index (χ3v) is 7.40. The Bertz CT molecular complexity index is 651. The number of hydrogen-bond acceptors (Lipinski definition) is 7. The van der Waals surface area contributed by atoms with Gasteiger partial charge in [0.15, 0.2) is 5.70 Å². The molecule has 10 heteroatoms. The van der Waals surface area contributed by atoms with E-state index in [-0.39, 0.29) is 34.2 Å². The molecule has 3 N–H and O–H groups in total. The first-order valence-electron chi connectivity index (χ1n) is 7.99. The highest BCUT2D eigenvalue weighted by Crippen LogP contribution is 2.54. The fourth-order valence-corrected chi connectivity index (χ4v) is 6.59. The Morgan fingerprint density at radius 1 is 1.44 bits per heavy atom. The minimum atomic E-state index is -1.14. The van der Waals surface area contributed by atoms with E-state index in [2.05, 4.69) is 5.32 Å². The van der Waals surface area contributed by atoms with Crippen LogP contribution >= 0.6 is 23.5 Å². The molecule has 2 saturated heterocycles. The van der Waals surface area contributed by atoms with Crippen LogP contribution in [0.25, 0.3) is 0 Å². The molecule has 0 aromatic heterocycles. The number of carboxylic acid groups (broad SMARTS) is 1. The summed E-state index contributed by atoms with van der Waals surface area (Å²) in [6, 6.07) is -0.267. The second-order valence-electron chi connectivity index (χ2n) is 6.59. The molecule has 8 nitrogen and oxygen atoms in total. The molecule has 0 aliphatic carbocycles. The number of carbonyl (C=O) groups is 3. The number of hydrogen-bond donors (Lipinski definition) is 3. The Labute approximate surface area is 154 Å². The normalized spacial score (nSPS) is 32.5. The van der Waals surface area contributed by atoms with Crippen LogP contribution in [0.4, 0.5) is 0 Å². The van der Waals surface area contributed by atoms with Crippen LogP contribution in [0.3, 0.4) is 0 Å². The van der Waals surface area contributed by atoms with E-state index in [0.717, 1.165) is 0 Å². The molecule has 0 spiro atoms. The number of amides is 2. The van der Waals surface area contributed by atoms with E-state index in [0.29, 0.717) is 17.2 Å². The molecule has 0 aromatic carbocycles. The smallest absolute Gasteiger partial charge is 0.354 e. The van der Waals surface area contributed by atoms with Crippen LogP contribution in [-0.2, 0) is 14.4 Å². The first kappa shape index (κ1) is 18.6. The van der Waals surface area contributed by atoms with Crippen molar-refractivity contribution in [2.45, 2.75) is 36.1 Å². The summed E-state index contributed by atoms with van der Waals surface area (Å²) in [7, 11) is 3.41. The Morgan fingerprint density at radius 3 is 2.68 bits per heavy atom. The van der Waals surface area contributed by atoms with Gasteiger partial charge >= 0.3 is 5.97 Å². The maximum Gasteiger partial charge on any atom is 0.354 e. The van der Waals surface area contributed by atoms with E-state index in [4.69, 9.17) is 0 Å². The number of aliphatic hydroxyl groups is 1. The second-order valence-corrected chi connectivity index (χ2v) is 9.29. The van der Waals surface area contributed by atoms with E-state index in [9.17, 15) is 24.6 Å². The number of nitrogens with zero attached hydrogens (tertiary/aromatic N) is 2. The molecule has 25 heavy (non-hydrogen) atoms. The van der Waals surface area contributed by atoms with Gasteiger partial charge in [0.25, 0.3) is 0 Å². The van der Waals surface area contributed by atoms with Gasteiger partial charge in [0.1, 0.15) is 5.37 Å². The monoisotopic (exact) mass is 387 g/mol. The van der Waals surface area contributed by atoms with Gasteiger partial charge in [0.2, 0.25) is 11.8 Å². The summed E-state index contributed by atoms with van der Waals surface area (Å²) in [5, 5.41) is 22.1. The first-order valence-corrected chi connectivity index (χ1v) is 9.74. The molecule has 3 heterocycles. The van der Waals surface area contributed by atoms with Crippen molar-refractivity contribution in [2.24, 2.45) is 5.92 Å². The van der Waals surface area contributed by atoms with Gasteiger partial charge in [0.05, 0.1) is 22.3 Å². The van der Waals surface area contributed by atoms with Gasteiger partial charge in [-0.05, 0) is 13.3 Å². The minimum absolute atomic E-state index is 0.00257. The average Bonchev–Trinajstić information content (AvgIpc) is 3.09. The van der Waals surface area contributed by atoms with Crippen molar-refractivity contribution in [1.82, 2.24) is 15.1 Å². The number of thioether (sulfide) groups is 2. The summed E-state index contributed by atoms with van der Waals surface area (Å²) in [6.07, 6.45) is -0.201. The molecule has 3 rings (SSSR count). The van der Waals surface area contributed by atoms with Crippen LogP contribution in [0, 0.1) is 5.92 Å². The van der Waals surface area contributed by atoms with E-state index in [1.807, 2.05) is 0 Å². The minimum Gasteiger partial charge on any atom is -0.477 e. The SMILES string of the molecule is CC(O)[C@H]1C(=O)N2C(C(=O)O)=C(S[C@H]3CN[C@@H](C(=O)N(C)C)C3)S[C@H]12. The van der Waals surface area contributed by atoms with Gasteiger partial charge in [-0.15, -0.1) is 11.8 Å². The molecular formula is C15H21N3O5S2. The van der Waals surface area contributed by atoms with Gasteiger partial charge in [0, 0.05) is 25.9 Å². The van der Waals surface area contributed by atoms with E-state index >= 15 is 0 Å². The van der Waals surface area contributed by atoms with Crippen LogP contribution in [0.5, 0.6) is 0 Å². The quantitative estimate of drug-likeness (QED) is 0.552. The lowest BCUT2D eigenvalue weighted by atomic mass is 9.92. The second kappa shape index (κ2) is 6.82. The zero-order valence-electron chi connectivity index (χ0n) is 14.1. The molecule has 0 saturated carbocycles. The van der Waals surface area contributed by atoms with Crippen LogP contribution in [0.2, 0.25) is 0 Å². The lowest BCUT2D eigenvalue weighted by molar-refractivity contribution is -0.156. The summed E-state index contributed by atoms with van der Waals surface area (Å²) in [6.45, 7) is 2.15. The van der Waals surface area contributed by atoms with Crippen molar-refractivity contribution in [3.05, 3.63) is 9.93 Å². The fraction of sp³-hybridized carbons (Fsp3) is 0.667. The molecular weight excluding hydrogens is 366 g/mol. The summed E-state index contributed by atoms with van der Waals surface area (Å²) in [5.41, 5.74) is 0.00397. The molecule has 0 bridgehead atoms. The molecule has 3 aliphatic rings. The summed E-state index contributed by atoms with van der Waals surface area (Å²) < 4.78 is 0.582. The Balaban J connectivity index is 1.71. The van der Waals surface area contributed by atoms with Gasteiger partial charge in [-0.3, -0.25) is 14.5 Å². The summed E-state index contributed by atoms with van der Waals surface area (Å²) in [5.74, 6) is -2.04. The fourth-order valence-electron chi connectivity index (χ4n) is 3.28. The van der Waals surface area contributed by atoms with Crippen molar-refractivity contribution < 1.29 is 24.6 Å². The number of aliphatic carboxylic acids is 1. The van der Waals surface area contributed by atoms with Gasteiger partial charge in [-0.2, -0.15) is 0 Å². The molecule has 2 fully saturated rings. The van der Waals surface area contributed by atoms with Gasteiger partial charge < -0.3 is 20.4 Å². The Morgan fingerprint density at radius 2 is 2.12 bits per heavy atom. The number of aliphatic hydroxyl groups excluding tert-OH is 1. The number of nitrogens with one attached hydrogen (secondary N) is 1. The molecule has 138 valence electrons. The number of carboxylic acids is 1. The average molecular weight is 387 g/mol. The largest absolute Gasteiger partial charge is 0.477 e. The maximum atomic E-state index is 12.2. The van der Waals surface area contributed by atoms with Crippen LogP contribution in [-0.4, -0.2) is 81.2 Å². The van der Waals surface area contributed by atoms with Crippen LogP contribution in [0.1, 0.15) is 13.3 Å². The third kappa shape index (κ3) is 3.16. The molecule has 0 radical (unpaired) electrons. The van der Waals surface area contributed by atoms with Crippen LogP contribution < -0.4 is 5.32 Å². The maximum absolute atomic E-state index is 12.2. The number of rotatable bonds is 5. The number of carbonyl (C=O) groups excluding carboxylic acids is 2. The van der Waals surface area contributed by atoms with E-state index < -0.39 is 18.0 Å². The highest BCUT2D eigenvalue weighted by Gasteiger charge is 2.58. The van der Waals surface area contributed by atoms with Crippen molar-refractivity contribution in [1.29, 1.82) is 0 Å². The van der Waals surface area contributed by atoms with Crippen molar-refractivity contribution in [2.75, 3.05) is 20.6 Å². The molecule has 2 amide bonds. The Kier molecular flexibility index (Phi) is 5.06. The topological polar surface area (TPSA) is 110 Å². The molecule has 0 aromatic rings.